The van der Waals surface area contributed by atoms with E-state index >= 15 is 0 Å². The summed E-state index contributed by atoms with van der Waals surface area (Å²) in [5.74, 6) is 4.57. The summed E-state index contributed by atoms with van der Waals surface area (Å²) in [6, 6.07) is 0. The van der Waals surface area contributed by atoms with Gasteiger partial charge in [-0.05, 0) is 26.0 Å². The normalized spacial score (nSPS) is 18.6. The van der Waals surface area contributed by atoms with Crippen LogP contribution in [-0.2, 0) is 4.74 Å². The lowest BCUT2D eigenvalue weighted by molar-refractivity contribution is 0.0413. The summed E-state index contributed by atoms with van der Waals surface area (Å²) in [4.78, 5) is 4.01. The molecule has 0 fully saturated rings. The molecule has 0 aliphatic carbocycles. The number of ether oxygens (including phenoxy) is 1. The smallest absolute Gasteiger partial charge is 0.218 e. The zero-order valence-electron chi connectivity index (χ0n) is 11.4. The number of aliphatic imine (C=N–C) groups is 1. The maximum absolute atomic E-state index is 13.7. The maximum Gasteiger partial charge on any atom is 0.218 e. The van der Waals surface area contributed by atoms with Crippen LogP contribution in [0.2, 0.25) is 0 Å². The average Bonchev–Trinajstić information content (AvgIpc) is 2.57. The van der Waals surface area contributed by atoms with Crippen LogP contribution in [0.15, 0.2) is 52.8 Å². The van der Waals surface area contributed by atoms with Crippen LogP contribution >= 0.6 is 0 Å². The third kappa shape index (κ3) is 5.33. The number of hydrazine groups is 1. The highest BCUT2D eigenvalue weighted by Crippen LogP contribution is 2.16. The van der Waals surface area contributed by atoms with E-state index < -0.39 is 5.83 Å². The van der Waals surface area contributed by atoms with E-state index in [2.05, 4.69) is 10.4 Å². The van der Waals surface area contributed by atoms with Crippen LogP contribution < -0.4 is 11.3 Å². The molecule has 0 atom stereocenters. The molecule has 0 radical (unpaired) electrons. The van der Waals surface area contributed by atoms with Crippen LogP contribution in [0.5, 0.6) is 0 Å². The highest BCUT2D eigenvalue weighted by molar-refractivity contribution is 5.88. The molecule has 1 rings (SSSR count). The van der Waals surface area contributed by atoms with Crippen molar-refractivity contribution >= 4 is 5.90 Å². The van der Waals surface area contributed by atoms with Crippen LogP contribution in [0.4, 0.5) is 8.87 Å². The largest absolute Gasteiger partial charge is 0.439 e. The van der Waals surface area contributed by atoms with Crippen molar-refractivity contribution in [1.29, 1.82) is 0 Å². The van der Waals surface area contributed by atoms with Gasteiger partial charge in [-0.25, -0.2) is 9.38 Å². The van der Waals surface area contributed by atoms with Crippen molar-refractivity contribution in [2.75, 3.05) is 13.1 Å². The third-order valence-corrected chi connectivity index (χ3v) is 2.30. The number of hydrogen-bond donors (Lipinski definition) is 2. The Morgan fingerprint density at radius 3 is 3.00 bits per heavy atom. The van der Waals surface area contributed by atoms with Gasteiger partial charge in [-0.3, -0.25) is 5.84 Å². The fourth-order valence-electron chi connectivity index (χ4n) is 1.31. The van der Waals surface area contributed by atoms with Crippen molar-refractivity contribution in [3.05, 3.63) is 47.8 Å². The van der Waals surface area contributed by atoms with Crippen molar-refractivity contribution in [1.82, 2.24) is 10.5 Å². The molecule has 110 valence electrons. The van der Waals surface area contributed by atoms with Gasteiger partial charge in [0.2, 0.25) is 5.90 Å². The molecule has 0 spiro atoms. The molecule has 0 aromatic rings. The van der Waals surface area contributed by atoms with E-state index in [9.17, 15) is 8.87 Å². The van der Waals surface area contributed by atoms with Gasteiger partial charge in [0, 0.05) is 12.2 Å². The minimum absolute atomic E-state index is 0.00643. The number of nitrogens with two attached hydrogens (primary N) is 1. The Kier molecular flexibility index (Phi) is 6.61. The van der Waals surface area contributed by atoms with E-state index in [1.807, 2.05) is 0 Å². The van der Waals surface area contributed by atoms with Crippen molar-refractivity contribution in [3.63, 3.8) is 0 Å². The molecular weight excluding hydrogens is 266 g/mol. The molecule has 1 heterocycles. The summed E-state index contributed by atoms with van der Waals surface area (Å²) in [5, 5.41) is 0.439. The summed E-state index contributed by atoms with van der Waals surface area (Å²) >= 11 is 0. The Hall–Kier alpha value is -1.99. The Morgan fingerprint density at radius 1 is 1.60 bits per heavy atom. The summed E-state index contributed by atoms with van der Waals surface area (Å²) in [7, 11) is 0. The van der Waals surface area contributed by atoms with E-state index in [0.717, 1.165) is 0 Å². The highest BCUT2D eigenvalue weighted by Gasteiger charge is 2.16. The fourth-order valence-corrected chi connectivity index (χ4v) is 1.31. The predicted molar refractivity (Wildman–Crippen MR) is 74.4 cm³/mol. The summed E-state index contributed by atoms with van der Waals surface area (Å²) in [6.45, 7) is 3.18. The molecule has 0 bridgehead atoms. The highest BCUT2D eigenvalue weighted by atomic mass is 19.2. The van der Waals surface area contributed by atoms with Gasteiger partial charge in [-0.1, -0.05) is 12.2 Å². The summed E-state index contributed by atoms with van der Waals surface area (Å²) in [6.07, 6.45) is 7.19. The first-order chi connectivity index (χ1) is 9.56. The lowest BCUT2D eigenvalue weighted by Gasteiger charge is -2.12. The summed E-state index contributed by atoms with van der Waals surface area (Å²) in [5.41, 5.74) is 3.00. The van der Waals surface area contributed by atoms with Gasteiger partial charge in [-0.2, -0.15) is 0 Å². The topological polar surface area (TPSA) is 62.9 Å². The van der Waals surface area contributed by atoms with Crippen molar-refractivity contribution < 1.29 is 13.6 Å². The van der Waals surface area contributed by atoms with Gasteiger partial charge >= 0.3 is 0 Å². The summed E-state index contributed by atoms with van der Waals surface area (Å²) < 4.78 is 32.3. The first-order valence-electron chi connectivity index (χ1n) is 6.04. The van der Waals surface area contributed by atoms with E-state index in [4.69, 9.17) is 10.6 Å². The second kappa shape index (κ2) is 8.23. The van der Waals surface area contributed by atoms with E-state index in [1.54, 1.807) is 19.9 Å². The first kappa shape index (κ1) is 16.1. The monoisotopic (exact) mass is 284 g/mol. The zero-order chi connectivity index (χ0) is 15.0. The quantitative estimate of drug-likeness (QED) is 0.273. The standard InChI is InChI=1S/C13H18F2N4O/c1-3-5-13(17-8-10(2)18-16)20-12-9-19(15)7-4-6-11(12)14/h3-6,8,18H,7,9,16H2,1-2H3/b5-3+,10-8+,17-13-. The lowest BCUT2D eigenvalue weighted by Crippen LogP contribution is -2.19. The van der Waals surface area contributed by atoms with Crippen LogP contribution in [0, 0.1) is 0 Å². The number of hydrogen-bond acceptors (Lipinski definition) is 5. The molecule has 7 heteroatoms. The van der Waals surface area contributed by atoms with Gasteiger partial charge < -0.3 is 10.2 Å². The SMILES string of the molecule is C/C=C/C(=N/C=C(\C)NN)OC1=C(F)C=CCN(F)C1. The van der Waals surface area contributed by atoms with Crippen LogP contribution in [-0.4, -0.2) is 24.1 Å². The second-order valence-electron chi connectivity index (χ2n) is 4.00. The molecular formula is C13H18F2N4O. The number of rotatable bonds is 4. The number of halogens is 2. The van der Waals surface area contributed by atoms with Crippen LogP contribution in [0.25, 0.3) is 0 Å². The van der Waals surface area contributed by atoms with Gasteiger partial charge in [0.25, 0.3) is 0 Å². The van der Waals surface area contributed by atoms with Gasteiger partial charge in [0.1, 0.15) is 0 Å². The van der Waals surface area contributed by atoms with Gasteiger partial charge in [-0.15, -0.1) is 9.60 Å². The van der Waals surface area contributed by atoms with Crippen LogP contribution in [0.3, 0.4) is 0 Å². The zero-order valence-corrected chi connectivity index (χ0v) is 11.4. The second-order valence-corrected chi connectivity index (χ2v) is 4.00. The molecule has 20 heavy (non-hydrogen) atoms. The lowest BCUT2D eigenvalue weighted by atomic mass is 10.4. The third-order valence-electron chi connectivity index (χ3n) is 2.30. The molecule has 5 nitrogen and oxygen atoms in total. The molecule has 0 aromatic carbocycles. The maximum atomic E-state index is 13.7. The molecule has 1 aliphatic heterocycles. The number of allylic oxidation sites excluding steroid dienone is 4. The number of nitrogens with one attached hydrogen (secondary N) is 1. The molecule has 3 N–H and O–H groups in total. The average molecular weight is 284 g/mol. The van der Waals surface area contributed by atoms with Gasteiger partial charge in [0.15, 0.2) is 11.6 Å². The molecule has 0 amide bonds. The molecule has 0 unspecified atom stereocenters. The Balaban J connectivity index is 2.92. The van der Waals surface area contributed by atoms with E-state index in [0.29, 0.717) is 10.8 Å². The van der Waals surface area contributed by atoms with Crippen molar-refractivity contribution in [2.45, 2.75) is 13.8 Å². The Labute approximate surface area is 116 Å². The Morgan fingerprint density at radius 2 is 2.35 bits per heavy atom. The van der Waals surface area contributed by atoms with Crippen molar-refractivity contribution in [2.24, 2.45) is 10.8 Å². The first-order valence-corrected chi connectivity index (χ1v) is 6.04. The number of nitrogens with zero attached hydrogens (tertiary/aromatic N) is 2. The molecule has 1 aliphatic rings. The van der Waals surface area contributed by atoms with Crippen LogP contribution in [0.1, 0.15) is 13.8 Å². The minimum atomic E-state index is -0.625. The molecule has 0 aromatic heterocycles. The fraction of sp³-hybridized carbons (Fsp3) is 0.308. The van der Waals surface area contributed by atoms with Crippen molar-refractivity contribution in [3.8, 4) is 0 Å². The minimum Gasteiger partial charge on any atom is -0.439 e. The van der Waals surface area contributed by atoms with Gasteiger partial charge in [0.05, 0.1) is 12.7 Å². The van der Waals surface area contributed by atoms with E-state index in [1.165, 1.54) is 24.4 Å². The predicted octanol–water partition coefficient (Wildman–Crippen LogP) is 2.24. The molecule has 0 saturated carbocycles. The Bertz CT molecular complexity index is 481. The molecule has 0 saturated heterocycles. The van der Waals surface area contributed by atoms with E-state index in [-0.39, 0.29) is 24.7 Å².